The molecule has 32 heavy (non-hydrogen) atoms. The molecule has 0 unspecified atom stereocenters. The Bertz CT molecular complexity index is 1390. The highest BCUT2D eigenvalue weighted by Gasteiger charge is 2.27. The Balaban J connectivity index is 1.29. The molecule has 1 aliphatic heterocycles. The first-order chi connectivity index (χ1) is 15.4. The number of hydrogen-bond donors (Lipinski definition) is 0. The number of nitrogens with zero attached hydrogens (tertiary/aromatic N) is 4. The fourth-order valence-corrected chi connectivity index (χ4v) is 5.66. The Morgan fingerprint density at radius 2 is 1.78 bits per heavy atom. The van der Waals surface area contributed by atoms with Crippen LogP contribution in [-0.2, 0) is 9.84 Å². The summed E-state index contributed by atoms with van der Waals surface area (Å²) < 4.78 is 30.3. The van der Waals surface area contributed by atoms with Crippen LogP contribution in [0.2, 0.25) is 0 Å². The van der Waals surface area contributed by atoms with Gasteiger partial charge < -0.3 is 14.3 Å². The number of aromatic nitrogens is 2. The van der Waals surface area contributed by atoms with Gasteiger partial charge in [-0.25, -0.2) is 13.4 Å². The second-order valence-electron chi connectivity index (χ2n) is 7.59. The zero-order chi connectivity index (χ0) is 22.3. The molecule has 1 saturated heterocycles. The smallest absolute Gasteiger partial charge is 0.276 e. The summed E-state index contributed by atoms with van der Waals surface area (Å²) in [6.45, 7) is 2.23. The highest BCUT2D eigenvalue weighted by atomic mass is 32.2. The monoisotopic (exact) mass is 468 g/mol. The fourth-order valence-electron chi connectivity index (χ4n) is 3.72. The molecule has 0 aliphatic carbocycles. The molecule has 164 valence electrons. The van der Waals surface area contributed by atoms with Gasteiger partial charge in [-0.2, -0.15) is 0 Å². The molecule has 0 saturated carbocycles. The van der Waals surface area contributed by atoms with Crippen molar-refractivity contribution in [2.45, 2.75) is 4.90 Å². The number of thiazole rings is 1. The highest BCUT2D eigenvalue weighted by Crippen LogP contribution is 2.33. The van der Waals surface area contributed by atoms with Gasteiger partial charge >= 0.3 is 0 Å². The van der Waals surface area contributed by atoms with Gasteiger partial charge in [-0.1, -0.05) is 52.9 Å². The first-order valence-electron chi connectivity index (χ1n) is 10.1. The van der Waals surface area contributed by atoms with E-state index in [0.717, 1.165) is 15.4 Å². The predicted octanol–water partition coefficient (Wildman–Crippen LogP) is 3.32. The molecule has 8 nitrogen and oxygen atoms in total. The number of anilines is 1. The van der Waals surface area contributed by atoms with Crippen LogP contribution in [-0.4, -0.2) is 61.8 Å². The molecule has 1 amide bonds. The van der Waals surface area contributed by atoms with Crippen molar-refractivity contribution in [3.8, 4) is 11.3 Å². The Morgan fingerprint density at radius 3 is 2.50 bits per heavy atom. The van der Waals surface area contributed by atoms with Crippen molar-refractivity contribution >= 4 is 42.4 Å². The van der Waals surface area contributed by atoms with Crippen molar-refractivity contribution < 1.29 is 17.7 Å². The number of carbonyl (C=O) groups excluding carboxylic acids is 1. The molecule has 2 aromatic heterocycles. The minimum atomic E-state index is -3.36. The maximum absolute atomic E-state index is 12.9. The average molecular weight is 469 g/mol. The zero-order valence-electron chi connectivity index (χ0n) is 17.3. The van der Waals surface area contributed by atoms with Crippen molar-refractivity contribution in [1.29, 1.82) is 0 Å². The third kappa shape index (κ3) is 3.87. The second kappa shape index (κ2) is 8.03. The number of carbonyl (C=O) groups is 1. The molecule has 4 aromatic rings. The summed E-state index contributed by atoms with van der Waals surface area (Å²) in [4.78, 5) is 21.6. The third-order valence-electron chi connectivity index (χ3n) is 5.40. The Kier molecular flexibility index (Phi) is 5.18. The van der Waals surface area contributed by atoms with E-state index < -0.39 is 9.84 Å². The van der Waals surface area contributed by atoms with Gasteiger partial charge in [0.1, 0.15) is 5.52 Å². The van der Waals surface area contributed by atoms with Gasteiger partial charge in [0.15, 0.2) is 26.4 Å². The van der Waals surface area contributed by atoms with Crippen molar-refractivity contribution in [2.75, 3.05) is 37.3 Å². The lowest BCUT2D eigenvalue weighted by Crippen LogP contribution is -2.48. The molecule has 1 aliphatic rings. The van der Waals surface area contributed by atoms with Gasteiger partial charge in [-0.15, -0.1) is 0 Å². The number of sulfone groups is 1. The van der Waals surface area contributed by atoms with Crippen LogP contribution < -0.4 is 4.90 Å². The maximum atomic E-state index is 12.9. The largest absolute Gasteiger partial charge is 0.355 e. The Labute approximate surface area is 189 Å². The van der Waals surface area contributed by atoms with E-state index in [1.54, 1.807) is 23.1 Å². The van der Waals surface area contributed by atoms with E-state index in [4.69, 9.17) is 4.52 Å². The highest BCUT2D eigenvalue weighted by molar-refractivity contribution is 7.91. The van der Waals surface area contributed by atoms with E-state index in [1.165, 1.54) is 17.6 Å². The zero-order valence-corrected chi connectivity index (χ0v) is 18.9. The van der Waals surface area contributed by atoms with Crippen molar-refractivity contribution in [3.63, 3.8) is 0 Å². The van der Waals surface area contributed by atoms with E-state index in [9.17, 15) is 13.2 Å². The molecule has 0 bridgehead atoms. The van der Waals surface area contributed by atoms with Gasteiger partial charge in [-0.05, 0) is 12.1 Å². The number of piperazine rings is 1. The van der Waals surface area contributed by atoms with E-state index in [0.29, 0.717) is 37.5 Å². The van der Waals surface area contributed by atoms with Crippen LogP contribution in [0.25, 0.3) is 21.5 Å². The molecule has 0 spiro atoms. The number of hydrogen-bond acceptors (Lipinski definition) is 8. The lowest BCUT2D eigenvalue weighted by atomic mass is 10.1. The molecular weight excluding hydrogens is 448 g/mol. The van der Waals surface area contributed by atoms with Crippen LogP contribution in [0, 0.1) is 0 Å². The number of para-hydroxylation sites is 1. The quantitative estimate of drug-likeness (QED) is 0.453. The van der Waals surface area contributed by atoms with Gasteiger partial charge in [0.2, 0.25) is 0 Å². The topological polar surface area (TPSA) is 96.6 Å². The van der Waals surface area contributed by atoms with Gasteiger partial charge in [0.05, 0.1) is 9.60 Å². The van der Waals surface area contributed by atoms with Gasteiger partial charge in [-0.3, -0.25) is 4.79 Å². The minimum absolute atomic E-state index is 0.167. The van der Waals surface area contributed by atoms with E-state index in [2.05, 4.69) is 15.0 Å². The second-order valence-corrected chi connectivity index (χ2v) is 10.6. The summed E-state index contributed by atoms with van der Waals surface area (Å²) in [5, 5.41) is 4.72. The summed E-state index contributed by atoms with van der Waals surface area (Å²) in [5.41, 5.74) is 1.66. The molecule has 1 fully saturated rings. The summed E-state index contributed by atoms with van der Waals surface area (Å²) in [7, 11) is -3.36. The van der Waals surface area contributed by atoms with Crippen LogP contribution in [0.3, 0.4) is 0 Å². The SMILES string of the molecule is CS(=O)(=O)c1cccc2sc(N3CCN(C(=O)c4cc(-c5ccccc5)on4)CC3)nc12. The van der Waals surface area contributed by atoms with E-state index in [-0.39, 0.29) is 16.5 Å². The molecule has 0 atom stereocenters. The van der Waals surface area contributed by atoms with Crippen LogP contribution in [0.15, 0.2) is 64.0 Å². The lowest BCUT2D eigenvalue weighted by molar-refractivity contribution is 0.0736. The van der Waals surface area contributed by atoms with Crippen molar-refractivity contribution in [1.82, 2.24) is 15.0 Å². The molecule has 10 heteroatoms. The molecule has 3 heterocycles. The summed E-state index contributed by atoms with van der Waals surface area (Å²) >= 11 is 1.46. The minimum Gasteiger partial charge on any atom is -0.355 e. The van der Waals surface area contributed by atoms with Crippen molar-refractivity contribution in [3.05, 3.63) is 60.3 Å². The number of rotatable bonds is 4. The number of amides is 1. The molecule has 5 rings (SSSR count). The average Bonchev–Trinajstić information content (AvgIpc) is 3.46. The first kappa shape index (κ1) is 20.7. The Morgan fingerprint density at radius 1 is 1.03 bits per heavy atom. The molecule has 2 aromatic carbocycles. The van der Waals surface area contributed by atoms with Gasteiger partial charge in [0, 0.05) is 44.1 Å². The lowest BCUT2D eigenvalue weighted by Gasteiger charge is -2.34. The first-order valence-corrected chi connectivity index (χ1v) is 12.8. The Hall–Kier alpha value is -3.24. The van der Waals surface area contributed by atoms with Crippen LogP contribution >= 0.6 is 11.3 Å². The number of fused-ring (bicyclic) bond motifs is 1. The summed E-state index contributed by atoms with van der Waals surface area (Å²) in [5.74, 6) is 0.392. The maximum Gasteiger partial charge on any atom is 0.276 e. The third-order valence-corrected chi connectivity index (χ3v) is 7.60. The molecular formula is C22H20N4O4S2. The summed E-state index contributed by atoms with van der Waals surface area (Å²) in [6, 6.07) is 16.4. The van der Waals surface area contributed by atoms with Gasteiger partial charge in [0.25, 0.3) is 5.91 Å². The van der Waals surface area contributed by atoms with Crippen LogP contribution in [0.1, 0.15) is 10.5 Å². The van der Waals surface area contributed by atoms with Crippen LogP contribution in [0.5, 0.6) is 0 Å². The van der Waals surface area contributed by atoms with Crippen molar-refractivity contribution in [2.24, 2.45) is 0 Å². The van der Waals surface area contributed by atoms with E-state index in [1.807, 2.05) is 36.4 Å². The fraction of sp³-hybridized carbons (Fsp3) is 0.227. The summed E-state index contributed by atoms with van der Waals surface area (Å²) in [6.07, 6.45) is 1.19. The number of benzene rings is 2. The molecule has 0 N–H and O–H groups in total. The van der Waals surface area contributed by atoms with Crippen LogP contribution in [0.4, 0.5) is 5.13 Å². The predicted molar refractivity (Wildman–Crippen MR) is 123 cm³/mol. The standard InChI is InChI=1S/C22H20N4O4S2/c1-32(28,29)19-9-5-8-18-20(19)23-22(31-18)26-12-10-25(11-13-26)21(27)16-14-17(30-24-16)15-6-3-2-4-7-15/h2-9,14H,10-13H2,1H3. The molecule has 0 radical (unpaired) electrons. The normalized spacial score (nSPS) is 14.8. The van der Waals surface area contributed by atoms with E-state index >= 15 is 0 Å².